The third-order valence-electron chi connectivity index (χ3n) is 4.44. The molecule has 24 heavy (non-hydrogen) atoms. The van der Waals surface area contributed by atoms with Gasteiger partial charge in [0.05, 0.1) is 12.0 Å². The van der Waals surface area contributed by atoms with Crippen molar-refractivity contribution in [1.29, 1.82) is 0 Å². The third-order valence-corrected chi connectivity index (χ3v) is 4.70. The first-order valence-electron chi connectivity index (χ1n) is 7.89. The zero-order valence-electron chi connectivity index (χ0n) is 13.4. The lowest BCUT2D eigenvalue weighted by Gasteiger charge is -2.25. The Morgan fingerprint density at radius 3 is 2.50 bits per heavy atom. The maximum atomic E-state index is 12.6. The number of amides is 2. The number of halogens is 1. The quantitative estimate of drug-likeness (QED) is 0.927. The van der Waals surface area contributed by atoms with Crippen LogP contribution in [0.5, 0.6) is 0 Å². The zero-order chi connectivity index (χ0) is 17.1. The summed E-state index contributed by atoms with van der Waals surface area (Å²) in [5, 5.41) is 3.60. The van der Waals surface area contributed by atoms with Crippen molar-refractivity contribution in [2.24, 2.45) is 5.92 Å². The first-order valence-corrected chi connectivity index (χ1v) is 8.27. The van der Waals surface area contributed by atoms with Crippen LogP contribution in [0.1, 0.15) is 23.6 Å². The largest absolute Gasteiger partial charge is 0.352 e. The number of carbonyl (C=O) groups excluding carboxylic acids is 2. The van der Waals surface area contributed by atoms with Crippen LogP contribution >= 0.6 is 11.6 Å². The van der Waals surface area contributed by atoms with Crippen LogP contribution in [0.25, 0.3) is 0 Å². The van der Waals surface area contributed by atoms with Crippen LogP contribution < -0.4 is 5.32 Å². The summed E-state index contributed by atoms with van der Waals surface area (Å²) in [6.07, 6.45) is 0.239. The number of nitrogens with zero attached hydrogens (tertiary/aromatic N) is 1. The maximum absolute atomic E-state index is 12.6. The predicted molar refractivity (Wildman–Crippen MR) is 93.4 cm³/mol. The van der Waals surface area contributed by atoms with Crippen LogP contribution in [-0.2, 0) is 16.1 Å². The molecule has 2 aromatic carbocycles. The summed E-state index contributed by atoms with van der Waals surface area (Å²) in [6, 6.07) is 16.8. The number of hydrogen-bond donors (Lipinski definition) is 1. The van der Waals surface area contributed by atoms with Crippen molar-refractivity contribution < 1.29 is 9.59 Å². The van der Waals surface area contributed by atoms with Gasteiger partial charge < -0.3 is 10.2 Å². The van der Waals surface area contributed by atoms with Crippen molar-refractivity contribution in [2.75, 3.05) is 7.05 Å². The van der Waals surface area contributed by atoms with E-state index in [1.807, 2.05) is 42.5 Å². The Bertz CT molecular complexity index is 731. The second-order valence-corrected chi connectivity index (χ2v) is 6.45. The summed E-state index contributed by atoms with van der Waals surface area (Å²) in [4.78, 5) is 26.4. The molecule has 3 rings (SSSR count). The fourth-order valence-electron chi connectivity index (χ4n) is 3.13. The summed E-state index contributed by atoms with van der Waals surface area (Å²) in [6.45, 7) is 0.423. The van der Waals surface area contributed by atoms with Crippen molar-refractivity contribution in [1.82, 2.24) is 10.2 Å². The molecule has 1 heterocycles. The van der Waals surface area contributed by atoms with Crippen molar-refractivity contribution in [2.45, 2.75) is 19.0 Å². The molecule has 2 atom stereocenters. The number of rotatable bonds is 4. The van der Waals surface area contributed by atoms with E-state index in [9.17, 15) is 9.59 Å². The van der Waals surface area contributed by atoms with Gasteiger partial charge in [-0.05, 0) is 23.3 Å². The smallest absolute Gasteiger partial charge is 0.226 e. The van der Waals surface area contributed by atoms with Gasteiger partial charge in [0, 0.05) is 25.0 Å². The van der Waals surface area contributed by atoms with Gasteiger partial charge in [0.15, 0.2) is 0 Å². The minimum atomic E-state index is -0.378. The van der Waals surface area contributed by atoms with Crippen molar-refractivity contribution in [3.8, 4) is 0 Å². The van der Waals surface area contributed by atoms with E-state index in [0.29, 0.717) is 11.6 Å². The molecule has 2 aromatic rings. The highest BCUT2D eigenvalue weighted by molar-refractivity contribution is 6.30. The molecule has 1 aliphatic rings. The normalized spacial score (nSPS) is 20.2. The Labute approximate surface area is 146 Å². The molecule has 0 bridgehead atoms. The monoisotopic (exact) mass is 342 g/mol. The maximum Gasteiger partial charge on any atom is 0.226 e. The predicted octanol–water partition coefficient (Wildman–Crippen LogP) is 3.18. The molecule has 2 unspecified atom stereocenters. The van der Waals surface area contributed by atoms with E-state index in [1.54, 1.807) is 24.1 Å². The average molecular weight is 343 g/mol. The molecule has 124 valence electrons. The fourth-order valence-corrected chi connectivity index (χ4v) is 3.26. The molecule has 4 nitrogen and oxygen atoms in total. The van der Waals surface area contributed by atoms with Crippen molar-refractivity contribution in [3.05, 3.63) is 70.7 Å². The number of nitrogens with one attached hydrogen (secondary N) is 1. The van der Waals surface area contributed by atoms with Crippen LogP contribution in [0.4, 0.5) is 0 Å². The second kappa shape index (κ2) is 7.05. The van der Waals surface area contributed by atoms with Crippen LogP contribution in [0.3, 0.4) is 0 Å². The van der Waals surface area contributed by atoms with Crippen molar-refractivity contribution >= 4 is 23.4 Å². The third kappa shape index (κ3) is 3.44. The van der Waals surface area contributed by atoms with Gasteiger partial charge in [-0.2, -0.15) is 0 Å². The zero-order valence-corrected chi connectivity index (χ0v) is 14.2. The van der Waals surface area contributed by atoms with Gasteiger partial charge in [-0.15, -0.1) is 0 Å². The Kier molecular flexibility index (Phi) is 4.86. The lowest BCUT2D eigenvalue weighted by molar-refractivity contribution is -0.128. The van der Waals surface area contributed by atoms with Crippen LogP contribution in [0.2, 0.25) is 5.02 Å². The average Bonchev–Trinajstić information content (AvgIpc) is 2.90. The fraction of sp³-hybridized carbons (Fsp3) is 0.263. The molecule has 0 radical (unpaired) electrons. The molecule has 1 fully saturated rings. The number of carbonyl (C=O) groups is 2. The van der Waals surface area contributed by atoms with E-state index in [0.717, 1.165) is 11.1 Å². The van der Waals surface area contributed by atoms with E-state index in [2.05, 4.69) is 5.32 Å². The lowest BCUT2D eigenvalue weighted by atomic mass is 9.93. The number of likely N-dealkylation sites (tertiary alicyclic amines) is 1. The van der Waals surface area contributed by atoms with Gasteiger partial charge in [-0.1, -0.05) is 54.1 Å². The van der Waals surface area contributed by atoms with Crippen LogP contribution in [0, 0.1) is 5.92 Å². The van der Waals surface area contributed by atoms with E-state index >= 15 is 0 Å². The standard InChI is InChI=1S/C19H19ClN2O2/c1-22-17(23)11-16(18(22)14-5-3-2-4-6-14)19(24)21-12-13-7-9-15(20)10-8-13/h2-10,16,18H,11-12H2,1H3,(H,21,24). The van der Waals surface area contributed by atoms with Crippen molar-refractivity contribution in [3.63, 3.8) is 0 Å². The van der Waals surface area contributed by atoms with E-state index in [1.165, 1.54) is 0 Å². The first kappa shape index (κ1) is 16.5. The molecular weight excluding hydrogens is 324 g/mol. The van der Waals surface area contributed by atoms with Gasteiger partial charge in [0.2, 0.25) is 11.8 Å². The summed E-state index contributed by atoms with van der Waals surface area (Å²) in [5.41, 5.74) is 1.96. The summed E-state index contributed by atoms with van der Waals surface area (Å²) < 4.78 is 0. The van der Waals surface area contributed by atoms with Gasteiger partial charge in [0.25, 0.3) is 0 Å². The second-order valence-electron chi connectivity index (χ2n) is 6.02. The number of hydrogen-bond acceptors (Lipinski definition) is 2. The van der Waals surface area contributed by atoms with Gasteiger partial charge in [0.1, 0.15) is 0 Å². The molecule has 2 amide bonds. The Morgan fingerprint density at radius 2 is 1.83 bits per heavy atom. The summed E-state index contributed by atoms with van der Waals surface area (Å²) in [5.74, 6) is -0.482. The van der Waals surface area contributed by atoms with Gasteiger partial charge >= 0.3 is 0 Å². The summed E-state index contributed by atoms with van der Waals surface area (Å²) >= 11 is 5.87. The van der Waals surface area contributed by atoms with E-state index < -0.39 is 0 Å². The molecular formula is C19H19ClN2O2. The van der Waals surface area contributed by atoms with E-state index in [-0.39, 0.29) is 30.2 Å². The Balaban J connectivity index is 1.72. The minimum absolute atomic E-state index is 0.00417. The highest BCUT2D eigenvalue weighted by atomic mass is 35.5. The Morgan fingerprint density at radius 1 is 1.17 bits per heavy atom. The first-order chi connectivity index (χ1) is 11.6. The van der Waals surface area contributed by atoms with E-state index in [4.69, 9.17) is 11.6 Å². The number of benzene rings is 2. The SMILES string of the molecule is CN1C(=O)CC(C(=O)NCc2ccc(Cl)cc2)C1c1ccccc1. The molecule has 0 aliphatic carbocycles. The minimum Gasteiger partial charge on any atom is -0.352 e. The van der Waals surface area contributed by atoms with Crippen LogP contribution in [0.15, 0.2) is 54.6 Å². The molecule has 5 heteroatoms. The lowest BCUT2D eigenvalue weighted by Crippen LogP contribution is -2.34. The highest BCUT2D eigenvalue weighted by Crippen LogP contribution is 2.36. The van der Waals surface area contributed by atoms with Crippen LogP contribution in [-0.4, -0.2) is 23.8 Å². The molecule has 1 N–H and O–H groups in total. The van der Waals surface area contributed by atoms with Gasteiger partial charge in [-0.25, -0.2) is 0 Å². The highest BCUT2D eigenvalue weighted by Gasteiger charge is 2.42. The van der Waals surface area contributed by atoms with Gasteiger partial charge in [-0.3, -0.25) is 9.59 Å². The molecule has 0 spiro atoms. The topological polar surface area (TPSA) is 49.4 Å². The summed E-state index contributed by atoms with van der Waals surface area (Å²) in [7, 11) is 1.76. The molecule has 1 saturated heterocycles. The molecule has 0 aromatic heterocycles. The Hall–Kier alpha value is -2.33. The molecule has 0 saturated carbocycles. The molecule has 1 aliphatic heterocycles.